The van der Waals surface area contributed by atoms with Crippen molar-refractivity contribution in [1.29, 1.82) is 0 Å². The molecular weight excluding hydrogens is 310 g/mol. The molecule has 0 fully saturated rings. The van der Waals surface area contributed by atoms with E-state index in [1.807, 2.05) is 41.5 Å². The Balaban J connectivity index is 5.30. The fourth-order valence-corrected chi connectivity index (χ4v) is 7.81. The maximum atomic E-state index is 5.78. The van der Waals surface area contributed by atoms with E-state index in [0.717, 1.165) is 0 Å². The van der Waals surface area contributed by atoms with Gasteiger partial charge in [-0.15, -0.1) is 0 Å². The molecule has 0 aromatic heterocycles. The first-order valence-electron chi connectivity index (χ1n) is 7.70. The van der Waals surface area contributed by atoms with Gasteiger partial charge in [-0.2, -0.15) is 0 Å². The largest absolute Gasteiger partial charge is 0.595 e. The average molecular weight is 342 g/mol. The fraction of sp³-hybridized carbons (Fsp3) is 1.00. The summed E-state index contributed by atoms with van der Waals surface area (Å²) in [7, 11) is -6.21. The van der Waals surface area contributed by atoms with Crippen LogP contribution in [0.2, 0.25) is 0 Å². The molecule has 0 saturated carbocycles. The summed E-state index contributed by atoms with van der Waals surface area (Å²) in [5.74, 6) is 0. The van der Waals surface area contributed by atoms with E-state index in [1.165, 1.54) is 0 Å². The lowest BCUT2D eigenvalue weighted by atomic mass is 10.9. The fourth-order valence-electron chi connectivity index (χ4n) is 1.79. The third-order valence-corrected chi connectivity index (χ3v) is 8.77. The van der Waals surface area contributed by atoms with Crippen LogP contribution < -0.4 is 4.65 Å². The number of rotatable bonds is 14. The van der Waals surface area contributed by atoms with E-state index in [0.29, 0.717) is 39.6 Å². The van der Waals surface area contributed by atoms with Gasteiger partial charge in [0.1, 0.15) is 0 Å². The maximum absolute atomic E-state index is 5.78. The van der Waals surface area contributed by atoms with Crippen molar-refractivity contribution in [3.63, 3.8) is 0 Å². The zero-order chi connectivity index (χ0) is 16.2. The topological polar surface area (TPSA) is 67.4 Å². The van der Waals surface area contributed by atoms with Crippen LogP contribution in [0.4, 0.5) is 0 Å². The quantitative estimate of drug-likeness (QED) is 0.482. The van der Waals surface area contributed by atoms with Gasteiger partial charge < -0.3 is 26.6 Å². The van der Waals surface area contributed by atoms with E-state index >= 15 is 0 Å². The second kappa shape index (κ2) is 11.7. The normalized spacial score (nSPS) is 12.9. The zero-order valence-electron chi connectivity index (χ0n) is 14.2. The summed E-state index contributed by atoms with van der Waals surface area (Å²) >= 11 is 0. The van der Waals surface area contributed by atoms with Gasteiger partial charge in [-0.3, -0.25) is 0 Å². The van der Waals surface area contributed by atoms with Crippen LogP contribution in [-0.4, -0.2) is 57.6 Å². The minimum absolute atomic E-state index is 0.466. The van der Waals surface area contributed by atoms with Crippen LogP contribution in [0.5, 0.6) is 0 Å². The Morgan fingerprint density at radius 2 is 0.667 bits per heavy atom. The minimum atomic E-state index is -3.11. The molecule has 0 aliphatic heterocycles. The van der Waals surface area contributed by atoms with Gasteiger partial charge in [0, 0.05) is 39.6 Å². The molecule has 0 aromatic carbocycles. The van der Waals surface area contributed by atoms with Gasteiger partial charge in [-0.05, 0) is 41.5 Å². The second-order valence-corrected chi connectivity index (χ2v) is 8.79. The van der Waals surface area contributed by atoms with Crippen molar-refractivity contribution >= 4 is 17.9 Å². The average Bonchev–Trinajstić information content (AvgIpc) is 2.40. The molecule has 0 amide bonds. The molecule has 7 nitrogen and oxygen atoms in total. The Morgan fingerprint density at radius 1 is 0.476 bits per heavy atom. The van der Waals surface area contributed by atoms with Crippen molar-refractivity contribution in [2.75, 3.05) is 39.6 Å². The molecule has 0 rings (SSSR count). The van der Waals surface area contributed by atoms with Crippen LogP contribution in [0.25, 0.3) is 0 Å². The number of hydrogen-bond acceptors (Lipinski definition) is 7. The molecule has 0 aromatic rings. The Kier molecular flexibility index (Phi) is 11.8. The summed E-state index contributed by atoms with van der Waals surface area (Å²) in [6, 6.07) is 0. The Bertz CT molecular complexity index is 202. The number of nitrogens with one attached hydrogen (secondary N) is 1. The molecule has 0 aliphatic carbocycles. The van der Waals surface area contributed by atoms with Crippen molar-refractivity contribution in [3.05, 3.63) is 0 Å². The molecule has 128 valence electrons. The summed E-state index contributed by atoms with van der Waals surface area (Å²) < 4.78 is 37.9. The summed E-state index contributed by atoms with van der Waals surface area (Å²) in [5.41, 5.74) is 0. The van der Waals surface area contributed by atoms with Crippen molar-refractivity contribution < 1.29 is 26.6 Å². The molecule has 0 radical (unpaired) electrons. The molecule has 21 heavy (non-hydrogen) atoms. The van der Waals surface area contributed by atoms with Crippen molar-refractivity contribution in [2.24, 2.45) is 0 Å². The summed E-state index contributed by atoms with van der Waals surface area (Å²) in [6.45, 7) is 14.2. The first-order chi connectivity index (χ1) is 10.1. The highest BCUT2D eigenvalue weighted by molar-refractivity contribution is 6.75. The molecule has 0 saturated heterocycles. The van der Waals surface area contributed by atoms with Crippen LogP contribution in [-0.2, 0) is 26.6 Å². The van der Waals surface area contributed by atoms with Gasteiger partial charge in [-0.25, -0.2) is 4.65 Å². The third kappa shape index (κ3) is 7.30. The standard InChI is InChI=1S/C12H31NO6Si2/c1-7-14-20(15-8-2,16-9-3)13-21(17-10-4,18-11-5)19-12-6/h13H,7-12H2,1-6H3. The van der Waals surface area contributed by atoms with Crippen LogP contribution >= 0.6 is 0 Å². The van der Waals surface area contributed by atoms with E-state index in [-0.39, 0.29) is 0 Å². The molecule has 0 spiro atoms. The van der Waals surface area contributed by atoms with Gasteiger partial charge in [0.25, 0.3) is 0 Å². The number of hydrogen-bond donors (Lipinski definition) is 1. The molecule has 0 aliphatic rings. The van der Waals surface area contributed by atoms with Crippen LogP contribution in [0.1, 0.15) is 41.5 Å². The predicted molar refractivity (Wildman–Crippen MR) is 84.4 cm³/mol. The highest BCUT2D eigenvalue weighted by Crippen LogP contribution is 2.15. The summed E-state index contributed by atoms with van der Waals surface area (Å²) in [4.78, 5) is 0. The Labute approximate surface area is 131 Å². The Morgan fingerprint density at radius 3 is 0.810 bits per heavy atom. The molecule has 9 heteroatoms. The van der Waals surface area contributed by atoms with Crippen molar-refractivity contribution in [2.45, 2.75) is 41.5 Å². The highest BCUT2D eigenvalue weighted by Gasteiger charge is 2.56. The monoisotopic (exact) mass is 341 g/mol. The van der Waals surface area contributed by atoms with Crippen LogP contribution in [0, 0.1) is 0 Å². The highest BCUT2D eigenvalue weighted by atomic mass is 28.5. The molecule has 0 unspecified atom stereocenters. The van der Waals surface area contributed by atoms with E-state index in [9.17, 15) is 0 Å². The van der Waals surface area contributed by atoms with Crippen LogP contribution in [0.3, 0.4) is 0 Å². The van der Waals surface area contributed by atoms with E-state index in [4.69, 9.17) is 26.6 Å². The Hall–Kier alpha value is 0.154. The molecule has 0 heterocycles. The summed E-state index contributed by atoms with van der Waals surface area (Å²) in [6.07, 6.45) is 0. The minimum Gasteiger partial charge on any atom is -0.362 e. The van der Waals surface area contributed by atoms with Crippen molar-refractivity contribution in [1.82, 2.24) is 4.65 Å². The van der Waals surface area contributed by atoms with Crippen molar-refractivity contribution in [3.8, 4) is 0 Å². The first kappa shape index (κ1) is 21.2. The van der Waals surface area contributed by atoms with E-state index in [1.54, 1.807) is 0 Å². The lowest BCUT2D eigenvalue weighted by Gasteiger charge is -2.36. The third-order valence-electron chi connectivity index (χ3n) is 2.31. The van der Waals surface area contributed by atoms with E-state index in [2.05, 4.69) is 4.65 Å². The molecule has 0 atom stereocenters. The van der Waals surface area contributed by atoms with E-state index < -0.39 is 17.9 Å². The summed E-state index contributed by atoms with van der Waals surface area (Å²) in [5, 5.41) is 0. The van der Waals surface area contributed by atoms with Gasteiger partial charge >= 0.3 is 17.9 Å². The SMILES string of the molecule is CCO[Si](N[Si](OCC)(OCC)OCC)(OCC)OCC. The molecular formula is C12H31NO6Si2. The smallest absolute Gasteiger partial charge is 0.362 e. The van der Waals surface area contributed by atoms with Gasteiger partial charge in [0.05, 0.1) is 0 Å². The maximum Gasteiger partial charge on any atom is 0.595 e. The first-order valence-corrected chi connectivity index (χ1v) is 11.1. The predicted octanol–water partition coefficient (Wildman–Crippen LogP) is 1.67. The molecule has 1 N–H and O–H groups in total. The lowest BCUT2D eigenvalue weighted by Crippen LogP contribution is -2.73. The lowest BCUT2D eigenvalue weighted by molar-refractivity contribution is 0.0307. The molecule has 0 bridgehead atoms. The van der Waals surface area contributed by atoms with Crippen LogP contribution in [0.15, 0.2) is 0 Å². The van der Waals surface area contributed by atoms with Gasteiger partial charge in [0.15, 0.2) is 0 Å². The van der Waals surface area contributed by atoms with Gasteiger partial charge in [-0.1, -0.05) is 0 Å². The second-order valence-electron chi connectivity index (χ2n) is 3.84. The van der Waals surface area contributed by atoms with Gasteiger partial charge in [0.2, 0.25) is 0 Å². The zero-order valence-corrected chi connectivity index (χ0v) is 16.2.